The van der Waals surface area contributed by atoms with Crippen molar-refractivity contribution in [1.29, 1.82) is 0 Å². The smallest absolute Gasteiger partial charge is 0.354 e. The summed E-state index contributed by atoms with van der Waals surface area (Å²) >= 11 is 0. The highest BCUT2D eigenvalue weighted by atomic mass is 16.4. The first kappa shape index (κ1) is 12.0. The molecule has 0 aliphatic carbocycles. The van der Waals surface area contributed by atoms with E-state index in [1.807, 2.05) is 34.9 Å². The van der Waals surface area contributed by atoms with Gasteiger partial charge >= 0.3 is 5.97 Å². The van der Waals surface area contributed by atoms with Gasteiger partial charge in [-0.2, -0.15) is 0 Å². The molecule has 0 spiro atoms. The van der Waals surface area contributed by atoms with Crippen LogP contribution < -0.4 is 0 Å². The zero-order valence-corrected chi connectivity index (χ0v) is 10.3. The molecule has 0 fully saturated rings. The highest BCUT2D eigenvalue weighted by molar-refractivity contribution is 5.86. The zero-order chi connectivity index (χ0) is 13.9. The topological polar surface area (TPSA) is 80.4 Å². The third-order valence-corrected chi connectivity index (χ3v) is 2.78. The number of aromatic nitrogens is 4. The van der Waals surface area contributed by atoms with E-state index in [0.717, 1.165) is 11.3 Å². The highest BCUT2D eigenvalue weighted by Crippen LogP contribution is 2.10. The first-order chi connectivity index (χ1) is 9.74. The van der Waals surface area contributed by atoms with Gasteiger partial charge in [-0.1, -0.05) is 6.07 Å². The van der Waals surface area contributed by atoms with Gasteiger partial charge in [-0.15, -0.1) is 0 Å². The third kappa shape index (κ3) is 2.26. The number of pyridine rings is 1. The van der Waals surface area contributed by atoms with Gasteiger partial charge < -0.3 is 9.51 Å². The molecule has 3 aromatic rings. The van der Waals surface area contributed by atoms with Gasteiger partial charge in [0.15, 0.2) is 5.69 Å². The van der Waals surface area contributed by atoms with E-state index in [1.165, 1.54) is 12.4 Å². The summed E-state index contributed by atoms with van der Waals surface area (Å²) in [6.45, 7) is 0. The molecule has 1 N–H and O–H groups in total. The van der Waals surface area contributed by atoms with E-state index in [-0.39, 0.29) is 5.69 Å². The number of imidazole rings is 1. The van der Waals surface area contributed by atoms with Crippen molar-refractivity contribution in [1.82, 2.24) is 19.4 Å². The lowest BCUT2D eigenvalue weighted by Gasteiger charge is -1.96. The van der Waals surface area contributed by atoms with Crippen molar-refractivity contribution in [3.05, 3.63) is 60.1 Å². The maximum Gasteiger partial charge on any atom is 0.354 e. The molecule has 0 aliphatic rings. The van der Waals surface area contributed by atoms with Gasteiger partial charge in [0.1, 0.15) is 12.0 Å². The molecule has 0 aliphatic heterocycles. The maximum absolute atomic E-state index is 10.8. The fourth-order valence-corrected chi connectivity index (χ4v) is 1.83. The predicted molar refractivity (Wildman–Crippen MR) is 73.1 cm³/mol. The van der Waals surface area contributed by atoms with Crippen molar-refractivity contribution in [3.8, 4) is 0 Å². The van der Waals surface area contributed by atoms with E-state index < -0.39 is 5.97 Å². The highest BCUT2D eigenvalue weighted by Gasteiger charge is 2.04. The summed E-state index contributed by atoms with van der Waals surface area (Å²) in [5, 5.41) is 8.87. The van der Waals surface area contributed by atoms with E-state index in [2.05, 4.69) is 15.0 Å². The number of rotatable bonds is 3. The molecule has 3 heterocycles. The molecule has 0 aromatic carbocycles. The molecule has 0 amide bonds. The van der Waals surface area contributed by atoms with Gasteiger partial charge in [0, 0.05) is 6.20 Å². The molecule has 0 saturated carbocycles. The SMILES string of the molecule is O=C(O)c1cc(/C=C/c2cnc3ccccn23)ncn1. The minimum atomic E-state index is -1.07. The Morgan fingerprint density at radius 1 is 1.20 bits per heavy atom. The Balaban J connectivity index is 1.94. The Labute approximate surface area is 114 Å². The lowest BCUT2D eigenvalue weighted by molar-refractivity contribution is 0.0690. The van der Waals surface area contributed by atoms with E-state index in [9.17, 15) is 4.79 Å². The molecule has 0 unspecified atom stereocenters. The van der Waals surface area contributed by atoms with Crippen LogP contribution in [0.1, 0.15) is 21.9 Å². The van der Waals surface area contributed by atoms with Gasteiger partial charge in [-0.25, -0.2) is 19.7 Å². The van der Waals surface area contributed by atoms with Crippen molar-refractivity contribution in [3.63, 3.8) is 0 Å². The fraction of sp³-hybridized carbons (Fsp3) is 0. The van der Waals surface area contributed by atoms with Crippen molar-refractivity contribution in [2.45, 2.75) is 0 Å². The number of carboxylic acids is 1. The molecular formula is C14H10N4O2. The Bertz CT molecular complexity index is 808. The molecule has 3 rings (SSSR count). The zero-order valence-electron chi connectivity index (χ0n) is 10.3. The van der Waals surface area contributed by atoms with E-state index in [4.69, 9.17) is 5.11 Å². The molecule has 0 radical (unpaired) electrons. The molecule has 6 heteroatoms. The first-order valence-corrected chi connectivity index (χ1v) is 5.89. The van der Waals surface area contributed by atoms with Crippen LogP contribution in [0, 0.1) is 0 Å². The number of fused-ring (bicyclic) bond motifs is 1. The molecule has 98 valence electrons. The number of nitrogens with zero attached hydrogens (tertiary/aromatic N) is 4. The number of carbonyl (C=O) groups is 1. The van der Waals surface area contributed by atoms with Crippen LogP contribution >= 0.6 is 0 Å². The second-order valence-electron chi connectivity index (χ2n) is 4.08. The van der Waals surface area contributed by atoms with Gasteiger partial charge in [0.05, 0.1) is 17.6 Å². The minimum absolute atomic E-state index is 0.0298. The molecule has 0 saturated heterocycles. The average Bonchev–Trinajstić information content (AvgIpc) is 2.89. The lowest BCUT2D eigenvalue weighted by Crippen LogP contribution is -2.00. The van der Waals surface area contributed by atoms with Gasteiger partial charge in [0.25, 0.3) is 0 Å². The normalized spacial score (nSPS) is 11.2. The summed E-state index contributed by atoms with van der Waals surface area (Å²) in [7, 11) is 0. The number of hydrogen-bond donors (Lipinski definition) is 1. The Hall–Kier alpha value is -3.02. The Morgan fingerprint density at radius 2 is 2.10 bits per heavy atom. The van der Waals surface area contributed by atoms with E-state index in [0.29, 0.717) is 5.69 Å². The van der Waals surface area contributed by atoms with Gasteiger partial charge in [-0.05, 0) is 30.4 Å². The Morgan fingerprint density at radius 3 is 2.95 bits per heavy atom. The van der Waals surface area contributed by atoms with E-state index in [1.54, 1.807) is 12.3 Å². The molecular weight excluding hydrogens is 256 g/mol. The molecule has 0 bridgehead atoms. The van der Waals surface area contributed by atoms with Crippen LogP contribution in [0.5, 0.6) is 0 Å². The predicted octanol–water partition coefficient (Wildman–Crippen LogP) is 1.99. The third-order valence-electron chi connectivity index (χ3n) is 2.78. The summed E-state index contributed by atoms with van der Waals surface area (Å²) in [5.41, 5.74) is 2.23. The number of carboxylic acid groups (broad SMARTS) is 1. The average molecular weight is 266 g/mol. The first-order valence-electron chi connectivity index (χ1n) is 5.89. The summed E-state index contributed by atoms with van der Waals surface area (Å²) in [4.78, 5) is 22.8. The van der Waals surface area contributed by atoms with Crippen LogP contribution in [0.15, 0.2) is 43.0 Å². The quantitative estimate of drug-likeness (QED) is 0.784. The van der Waals surface area contributed by atoms with Crippen molar-refractivity contribution in [2.24, 2.45) is 0 Å². The standard InChI is InChI=1S/C14H10N4O2/c19-14(20)12-7-10(16-9-17-12)4-5-11-8-15-13-3-1-2-6-18(11)13/h1-9H,(H,19,20)/b5-4+. The number of aromatic carboxylic acids is 1. The summed E-state index contributed by atoms with van der Waals surface area (Å²) in [5.74, 6) is -1.07. The summed E-state index contributed by atoms with van der Waals surface area (Å²) in [6.07, 6.45) is 8.44. The monoisotopic (exact) mass is 266 g/mol. The largest absolute Gasteiger partial charge is 0.477 e. The van der Waals surface area contributed by atoms with Crippen molar-refractivity contribution >= 4 is 23.8 Å². The van der Waals surface area contributed by atoms with Crippen molar-refractivity contribution in [2.75, 3.05) is 0 Å². The lowest BCUT2D eigenvalue weighted by atomic mass is 10.3. The second kappa shape index (κ2) is 4.93. The Kier molecular flexibility index (Phi) is 2.96. The van der Waals surface area contributed by atoms with Crippen LogP contribution in [0.4, 0.5) is 0 Å². The van der Waals surface area contributed by atoms with Gasteiger partial charge in [-0.3, -0.25) is 0 Å². The van der Waals surface area contributed by atoms with Gasteiger partial charge in [0.2, 0.25) is 0 Å². The maximum atomic E-state index is 10.8. The summed E-state index contributed by atoms with van der Waals surface area (Å²) < 4.78 is 1.93. The van der Waals surface area contributed by atoms with E-state index >= 15 is 0 Å². The molecule has 3 aromatic heterocycles. The van der Waals surface area contributed by atoms with Crippen LogP contribution in [0.3, 0.4) is 0 Å². The summed E-state index contributed by atoms with van der Waals surface area (Å²) in [6, 6.07) is 7.16. The minimum Gasteiger partial charge on any atom is -0.477 e. The van der Waals surface area contributed by atoms with Crippen LogP contribution in [-0.4, -0.2) is 30.4 Å². The van der Waals surface area contributed by atoms with Crippen LogP contribution in [-0.2, 0) is 0 Å². The van der Waals surface area contributed by atoms with Crippen LogP contribution in [0.2, 0.25) is 0 Å². The molecule has 0 atom stereocenters. The molecule has 6 nitrogen and oxygen atoms in total. The van der Waals surface area contributed by atoms with Crippen LogP contribution in [0.25, 0.3) is 17.8 Å². The second-order valence-corrected chi connectivity index (χ2v) is 4.08. The molecule has 20 heavy (non-hydrogen) atoms. The number of hydrogen-bond acceptors (Lipinski definition) is 4. The van der Waals surface area contributed by atoms with Crippen molar-refractivity contribution < 1.29 is 9.90 Å². The fourth-order valence-electron chi connectivity index (χ4n) is 1.83.